The molecule has 1 unspecified atom stereocenters. The summed E-state index contributed by atoms with van der Waals surface area (Å²) in [5.41, 5.74) is 1.90. The minimum Gasteiger partial charge on any atom is -0.478 e. The van der Waals surface area contributed by atoms with E-state index >= 15 is 0 Å². The molecular formula is C19H20Cl2O3. The van der Waals surface area contributed by atoms with Gasteiger partial charge < -0.3 is 9.84 Å². The molecule has 1 N–H and O–H groups in total. The molecule has 0 amide bonds. The standard InChI is InChI=1S/C19H20Cl2O3/c1-19(2,3)13-4-6-16(7-5-13)24-17(18(22)23)10-12-8-14(20)11-15(21)9-12/h4-9,11,17H,10H2,1-3H3,(H,22,23). The zero-order chi connectivity index (χ0) is 17.9. The van der Waals surface area contributed by atoms with E-state index < -0.39 is 12.1 Å². The molecule has 0 saturated carbocycles. The van der Waals surface area contributed by atoms with Crippen LogP contribution in [0.4, 0.5) is 0 Å². The Morgan fingerprint density at radius 1 is 1.08 bits per heavy atom. The molecular weight excluding hydrogens is 347 g/mol. The van der Waals surface area contributed by atoms with E-state index in [2.05, 4.69) is 20.8 Å². The molecule has 0 aliphatic heterocycles. The second-order valence-electron chi connectivity index (χ2n) is 6.70. The maximum absolute atomic E-state index is 11.5. The first-order chi connectivity index (χ1) is 11.1. The van der Waals surface area contributed by atoms with Gasteiger partial charge >= 0.3 is 5.97 Å². The maximum atomic E-state index is 11.5. The van der Waals surface area contributed by atoms with Gasteiger partial charge in [0.05, 0.1) is 0 Å². The van der Waals surface area contributed by atoms with E-state index in [1.165, 1.54) is 0 Å². The third kappa shape index (κ3) is 5.15. The van der Waals surface area contributed by atoms with E-state index in [0.717, 1.165) is 5.56 Å². The molecule has 2 aromatic carbocycles. The van der Waals surface area contributed by atoms with Gasteiger partial charge in [0, 0.05) is 16.5 Å². The topological polar surface area (TPSA) is 46.5 Å². The van der Waals surface area contributed by atoms with Crippen LogP contribution in [0.5, 0.6) is 5.75 Å². The molecule has 3 nitrogen and oxygen atoms in total. The van der Waals surface area contributed by atoms with E-state index in [-0.39, 0.29) is 11.8 Å². The smallest absolute Gasteiger partial charge is 0.345 e. The molecule has 2 rings (SSSR count). The fourth-order valence-corrected chi connectivity index (χ4v) is 2.89. The molecule has 0 aliphatic carbocycles. The molecule has 0 fully saturated rings. The van der Waals surface area contributed by atoms with Gasteiger partial charge in [-0.1, -0.05) is 56.1 Å². The van der Waals surface area contributed by atoms with Crippen LogP contribution >= 0.6 is 23.2 Å². The third-order valence-corrected chi connectivity index (χ3v) is 4.05. The number of benzene rings is 2. The van der Waals surface area contributed by atoms with E-state index in [0.29, 0.717) is 21.4 Å². The van der Waals surface area contributed by atoms with Gasteiger partial charge in [0.15, 0.2) is 6.10 Å². The molecule has 0 saturated heterocycles. The minimum absolute atomic E-state index is 0.0300. The zero-order valence-corrected chi connectivity index (χ0v) is 15.4. The summed E-state index contributed by atoms with van der Waals surface area (Å²) in [4.78, 5) is 11.5. The maximum Gasteiger partial charge on any atom is 0.345 e. The Hall–Kier alpha value is -1.71. The van der Waals surface area contributed by atoms with Crippen molar-refractivity contribution in [3.8, 4) is 5.75 Å². The Morgan fingerprint density at radius 2 is 1.62 bits per heavy atom. The highest BCUT2D eigenvalue weighted by molar-refractivity contribution is 6.34. The summed E-state index contributed by atoms with van der Waals surface area (Å²) in [6, 6.07) is 12.5. The average molecular weight is 367 g/mol. The van der Waals surface area contributed by atoms with E-state index in [9.17, 15) is 9.90 Å². The number of halogens is 2. The largest absolute Gasteiger partial charge is 0.478 e. The van der Waals surface area contributed by atoms with Gasteiger partial charge in [0.25, 0.3) is 0 Å². The average Bonchev–Trinajstić information content (AvgIpc) is 2.45. The summed E-state index contributed by atoms with van der Waals surface area (Å²) < 4.78 is 5.64. The molecule has 0 radical (unpaired) electrons. The van der Waals surface area contributed by atoms with Crippen LogP contribution in [0.2, 0.25) is 10.0 Å². The summed E-state index contributed by atoms with van der Waals surface area (Å²) >= 11 is 11.9. The molecule has 0 spiro atoms. The number of rotatable bonds is 5. The van der Waals surface area contributed by atoms with Gasteiger partial charge in [0.1, 0.15) is 5.75 Å². The lowest BCUT2D eigenvalue weighted by Crippen LogP contribution is -2.29. The van der Waals surface area contributed by atoms with E-state index in [4.69, 9.17) is 27.9 Å². The van der Waals surface area contributed by atoms with Crippen molar-refractivity contribution in [1.29, 1.82) is 0 Å². The fourth-order valence-electron chi connectivity index (χ4n) is 2.32. The third-order valence-electron chi connectivity index (χ3n) is 3.62. The van der Waals surface area contributed by atoms with Gasteiger partial charge in [-0.3, -0.25) is 0 Å². The predicted molar refractivity (Wildman–Crippen MR) is 97.4 cm³/mol. The van der Waals surface area contributed by atoms with Crippen molar-refractivity contribution in [2.24, 2.45) is 0 Å². The van der Waals surface area contributed by atoms with Crippen molar-refractivity contribution >= 4 is 29.2 Å². The molecule has 0 bridgehead atoms. The van der Waals surface area contributed by atoms with Crippen LogP contribution in [0.15, 0.2) is 42.5 Å². The van der Waals surface area contributed by atoms with Crippen molar-refractivity contribution < 1.29 is 14.6 Å². The highest BCUT2D eigenvalue weighted by Crippen LogP contribution is 2.25. The molecule has 0 aromatic heterocycles. The van der Waals surface area contributed by atoms with Gasteiger partial charge in [-0.25, -0.2) is 4.79 Å². The zero-order valence-electron chi connectivity index (χ0n) is 13.8. The Bertz CT molecular complexity index is 698. The predicted octanol–water partition coefficient (Wildman–Crippen LogP) is 5.37. The SMILES string of the molecule is CC(C)(C)c1ccc(OC(Cc2cc(Cl)cc(Cl)c2)C(=O)O)cc1. The molecule has 24 heavy (non-hydrogen) atoms. The summed E-state index contributed by atoms with van der Waals surface area (Å²) in [7, 11) is 0. The van der Waals surface area contributed by atoms with Crippen molar-refractivity contribution in [2.75, 3.05) is 0 Å². The van der Waals surface area contributed by atoms with Crippen LogP contribution in [-0.4, -0.2) is 17.2 Å². The first kappa shape index (κ1) is 18.6. The highest BCUT2D eigenvalue weighted by atomic mass is 35.5. The lowest BCUT2D eigenvalue weighted by Gasteiger charge is -2.20. The Kier molecular flexibility index (Phi) is 5.79. The van der Waals surface area contributed by atoms with Crippen molar-refractivity contribution in [3.05, 3.63) is 63.6 Å². The van der Waals surface area contributed by atoms with Crippen LogP contribution in [0.25, 0.3) is 0 Å². The number of carboxylic acid groups (broad SMARTS) is 1. The first-order valence-electron chi connectivity index (χ1n) is 7.60. The Labute approximate surface area is 152 Å². The van der Waals surface area contributed by atoms with Crippen molar-refractivity contribution in [2.45, 2.75) is 38.7 Å². The number of hydrogen-bond donors (Lipinski definition) is 1. The van der Waals surface area contributed by atoms with Gasteiger partial charge in [-0.05, 0) is 46.9 Å². The molecule has 1 atom stereocenters. The number of carboxylic acids is 1. The Morgan fingerprint density at radius 3 is 2.08 bits per heavy atom. The summed E-state index contributed by atoms with van der Waals surface area (Å²) in [5.74, 6) is -0.519. The fraction of sp³-hybridized carbons (Fsp3) is 0.316. The van der Waals surface area contributed by atoms with Crippen LogP contribution in [0.1, 0.15) is 31.9 Å². The number of ether oxygens (including phenoxy) is 1. The molecule has 0 heterocycles. The first-order valence-corrected chi connectivity index (χ1v) is 8.36. The molecule has 128 valence electrons. The summed E-state index contributed by atoms with van der Waals surface area (Å²) in [5, 5.41) is 10.4. The van der Waals surface area contributed by atoms with Crippen molar-refractivity contribution in [3.63, 3.8) is 0 Å². The van der Waals surface area contributed by atoms with E-state index in [1.54, 1.807) is 30.3 Å². The quantitative estimate of drug-likeness (QED) is 0.773. The normalized spacial score (nSPS) is 12.7. The lowest BCUT2D eigenvalue weighted by atomic mass is 9.87. The molecule has 2 aromatic rings. The highest BCUT2D eigenvalue weighted by Gasteiger charge is 2.21. The van der Waals surface area contributed by atoms with Crippen LogP contribution < -0.4 is 4.74 Å². The number of carbonyl (C=O) groups is 1. The second-order valence-corrected chi connectivity index (χ2v) is 7.57. The van der Waals surface area contributed by atoms with Gasteiger partial charge in [0.2, 0.25) is 0 Å². The lowest BCUT2D eigenvalue weighted by molar-refractivity contribution is -0.145. The molecule has 5 heteroatoms. The van der Waals surface area contributed by atoms with Crippen LogP contribution in [0, 0.1) is 0 Å². The molecule has 0 aliphatic rings. The number of hydrogen-bond acceptors (Lipinski definition) is 2. The summed E-state index contributed by atoms with van der Waals surface area (Å²) in [6.07, 6.45) is -0.837. The van der Waals surface area contributed by atoms with Crippen LogP contribution in [0.3, 0.4) is 0 Å². The Balaban J connectivity index is 2.15. The summed E-state index contributed by atoms with van der Waals surface area (Å²) in [6.45, 7) is 6.35. The van der Waals surface area contributed by atoms with Crippen molar-refractivity contribution in [1.82, 2.24) is 0 Å². The number of aliphatic carboxylic acids is 1. The minimum atomic E-state index is -1.04. The van der Waals surface area contributed by atoms with Gasteiger partial charge in [-0.2, -0.15) is 0 Å². The second kappa shape index (κ2) is 7.45. The van der Waals surface area contributed by atoms with Gasteiger partial charge in [-0.15, -0.1) is 0 Å². The van der Waals surface area contributed by atoms with E-state index in [1.807, 2.05) is 12.1 Å². The monoisotopic (exact) mass is 366 g/mol. The van der Waals surface area contributed by atoms with Crippen LogP contribution in [-0.2, 0) is 16.6 Å².